The van der Waals surface area contributed by atoms with Gasteiger partial charge in [-0.1, -0.05) is 12.1 Å². The number of hydrogen-bond acceptors (Lipinski definition) is 6. The van der Waals surface area contributed by atoms with E-state index < -0.39 is 24.4 Å². The van der Waals surface area contributed by atoms with E-state index >= 15 is 0 Å². The van der Waals surface area contributed by atoms with Gasteiger partial charge in [-0.2, -0.15) is 0 Å². The van der Waals surface area contributed by atoms with E-state index in [1.807, 2.05) is 0 Å². The average Bonchev–Trinajstić information content (AvgIpc) is 3.14. The van der Waals surface area contributed by atoms with Crippen molar-refractivity contribution in [2.45, 2.75) is 6.42 Å². The van der Waals surface area contributed by atoms with Crippen LogP contribution in [0.2, 0.25) is 0 Å². The maximum Gasteiger partial charge on any atom is 0.311 e. The molecule has 2 aromatic rings. The summed E-state index contributed by atoms with van der Waals surface area (Å²) in [4.78, 5) is 38.2. The Balaban J connectivity index is 1.53. The van der Waals surface area contributed by atoms with Crippen molar-refractivity contribution in [1.29, 1.82) is 0 Å². The lowest BCUT2D eigenvalue weighted by Crippen LogP contribution is -2.28. The molecule has 29 heavy (non-hydrogen) atoms. The van der Waals surface area contributed by atoms with Gasteiger partial charge in [-0.3, -0.25) is 14.4 Å². The number of rotatable bonds is 7. The molecular weight excluding hydrogens is 376 g/mol. The second kappa shape index (κ2) is 9.09. The number of esters is 1. The Hall–Kier alpha value is -3.55. The minimum absolute atomic E-state index is 0.0407. The lowest BCUT2D eigenvalue weighted by Gasteiger charge is -2.17. The largest absolute Gasteiger partial charge is 0.497 e. The van der Waals surface area contributed by atoms with Crippen LogP contribution in [0.3, 0.4) is 0 Å². The predicted octanol–water partition coefficient (Wildman–Crippen LogP) is 2.24. The Morgan fingerprint density at radius 2 is 1.79 bits per heavy atom. The summed E-state index contributed by atoms with van der Waals surface area (Å²) in [5.41, 5.74) is 1.16. The van der Waals surface area contributed by atoms with Crippen molar-refractivity contribution in [2.75, 3.05) is 37.6 Å². The van der Waals surface area contributed by atoms with E-state index in [0.717, 1.165) is 0 Å². The summed E-state index contributed by atoms with van der Waals surface area (Å²) >= 11 is 0. The van der Waals surface area contributed by atoms with E-state index in [4.69, 9.17) is 14.2 Å². The van der Waals surface area contributed by atoms with Crippen molar-refractivity contribution in [1.82, 2.24) is 0 Å². The van der Waals surface area contributed by atoms with Crippen molar-refractivity contribution >= 4 is 29.2 Å². The first-order valence-electron chi connectivity index (χ1n) is 9.05. The number of benzene rings is 2. The van der Waals surface area contributed by atoms with Gasteiger partial charge in [-0.15, -0.1) is 0 Å². The fourth-order valence-electron chi connectivity index (χ4n) is 3.07. The molecule has 2 aromatic carbocycles. The first-order valence-corrected chi connectivity index (χ1v) is 9.05. The number of ether oxygens (including phenoxy) is 3. The predicted molar refractivity (Wildman–Crippen MR) is 106 cm³/mol. The minimum atomic E-state index is -0.622. The van der Waals surface area contributed by atoms with Gasteiger partial charge in [-0.25, -0.2) is 0 Å². The molecule has 0 aromatic heterocycles. The SMILES string of the molecule is COc1ccc(N2C[C@@H](C(=O)OCC(=O)Nc3ccccc3OC)CC2=O)cc1. The molecule has 0 saturated carbocycles. The van der Waals surface area contributed by atoms with Crippen LogP contribution in [0, 0.1) is 5.92 Å². The number of hydrogen-bond donors (Lipinski definition) is 1. The number of anilines is 2. The van der Waals surface area contributed by atoms with Crippen molar-refractivity contribution < 1.29 is 28.6 Å². The van der Waals surface area contributed by atoms with Crippen LogP contribution in [-0.4, -0.2) is 45.2 Å². The van der Waals surface area contributed by atoms with Crippen LogP contribution in [0.25, 0.3) is 0 Å². The molecule has 1 heterocycles. The highest BCUT2D eigenvalue weighted by molar-refractivity contribution is 6.00. The fourth-order valence-corrected chi connectivity index (χ4v) is 3.07. The lowest BCUT2D eigenvalue weighted by molar-refractivity contribution is -0.151. The number of nitrogens with one attached hydrogen (secondary N) is 1. The third-order valence-electron chi connectivity index (χ3n) is 4.57. The summed E-state index contributed by atoms with van der Waals surface area (Å²) in [6.45, 7) is -0.234. The molecule has 3 rings (SSSR count). The third kappa shape index (κ3) is 4.84. The van der Waals surface area contributed by atoms with Crippen molar-refractivity contribution in [3.63, 3.8) is 0 Å². The topological polar surface area (TPSA) is 94.2 Å². The fraction of sp³-hybridized carbons (Fsp3) is 0.286. The number of methoxy groups -OCH3 is 2. The van der Waals surface area contributed by atoms with E-state index in [1.54, 1.807) is 55.6 Å². The monoisotopic (exact) mass is 398 g/mol. The van der Waals surface area contributed by atoms with Gasteiger partial charge in [0, 0.05) is 18.7 Å². The average molecular weight is 398 g/mol. The summed E-state index contributed by atoms with van der Waals surface area (Å²) < 4.78 is 15.4. The van der Waals surface area contributed by atoms with Crippen molar-refractivity contribution in [3.05, 3.63) is 48.5 Å². The number of carbonyl (C=O) groups is 3. The summed E-state index contributed by atoms with van der Waals surface area (Å²) in [5.74, 6) is -0.677. The van der Waals surface area contributed by atoms with Crippen LogP contribution in [0.4, 0.5) is 11.4 Å². The molecule has 1 N–H and O–H groups in total. The van der Waals surface area contributed by atoms with Crippen LogP contribution in [-0.2, 0) is 19.1 Å². The van der Waals surface area contributed by atoms with Crippen molar-refractivity contribution in [3.8, 4) is 11.5 Å². The van der Waals surface area contributed by atoms with Crippen molar-refractivity contribution in [2.24, 2.45) is 5.92 Å². The maximum atomic E-state index is 12.3. The minimum Gasteiger partial charge on any atom is -0.497 e. The van der Waals surface area contributed by atoms with E-state index in [0.29, 0.717) is 22.9 Å². The first-order chi connectivity index (χ1) is 14.0. The van der Waals surface area contributed by atoms with Gasteiger partial charge in [0.15, 0.2) is 6.61 Å². The number of carbonyl (C=O) groups excluding carboxylic acids is 3. The summed E-state index contributed by atoms with van der Waals surface area (Å²) in [5, 5.41) is 2.63. The third-order valence-corrected chi connectivity index (χ3v) is 4.57. The van der Waals surface area contributed by atoms with Gasteiger partial charge < -0.3 is 24.4 Å². The Kier molecular flexibility index (Phi) is 6.33. The highest BCUT2D eigenvalue weighted by atomic mass is 16.5. The number of nitrogens with zero attached hydrogens (tertiary/aromatic N) is 1. The number of para-hydroxylation sites is 2. The van der Waals surface area contributed by atoms with Crippen LogP contribution >= 0.6 is 0 Å². The summed E-state index contributed by atoms with van der Waals surface area (Å²) in [6.07, 6.45) is 0.0407. The molecule has 0 radical (unpaired) electrons. The molecule has 2 amide bonds. The van der Waals surface area contributed by atoms with Gasteiger partial charge in [-0.05, 0) is 36.4 Å². The second-order valence-corrected chi connectivity index (χ2v) is 6.46. The zero-order valence-electron chi connectivity index (χ0n) is 16.2. The summed E-state index contributed by atoms with van der Waals surface area (Å²) in [6, 6.07) is 13.9. The molecule has 1 fully saturated rings. The van der Waals surface area contributed by atoms with Crippen LogP contribution in [0.1, 0.15) is 6.42 Å². The van der Waals surface area contributed by atoms with Crippen LogP contribution in [0.5, 0.6) is 11.5 Å². The Bertz CT molecular complexity index is 896. The normalized spacial score (nSPS) is 15.7. The van der Waals surface area contributed by atoms with Gasteiger partial charge >= 0.3 is 5.97 Å². The molecule has 8 heteroatoms. The number of amides is 2. The standard InChI is InChI=1S/C21H22N2O6/c1-27-16-9-7-15(8-10-16)23-12-14(11-20(23)25)21(26)29-13-19(24)22-17-5-3-4-6-18(17)28-2/h3-10,14H,11-13H2,1-2H3,(H,22,24)/t14-/m0/s1. The van der Waals surface area contributed by atoms with E-state index in [9.17, 15) is 14.4 Å². The Morgan fingerprint density at radius 3 is 2.48 bits per heavy atom. The molecule has 1 aliphatic rings. The van der Waals surface area contributed by atoms with Crippen LogP contribution < -0.4 is 19.7 Å². The highest BCUT2D eigenvalue weighted by Gasteiger charge is 2.36. The molecule has 0 aliphatic carbocycles. The smallest absolute Gasteiger partial charge is 0.311 e. The molecular formula is C21H22N2O6. The van der Waals surface area contributed by atoms with Crippen LogP contribution in [0.15, 0.2) is 48.5 Å². The van der Waals surface area contributed by atoms with Gasteiger partial charge in [0.05, 0.1) is 25.8 Å². The molecule has 152 valence electrons. The Labute approximate surface area is 168 Å². The zero-order chi connectivity index (χ0) is 20.8. The molecule has 0 unspecified atom stereocenters. The molecule has 1 atom stereocenters. The Morgan fingerprint density at radius 1 is 1.07 bits per heavy atom. The second-order valence-electron chi connectivity index (χ2n) is 6.46. The maximum absolute atomic E-state index is 12.3. The molecule has 0 bridgehead atoms. The molecule has 1 aliphatic heterocycles. The van der Waals surface area contributed by atoms with E-state index in [2.05, 4.69) is 5.32 Å². The molecule has 8 nitrogen and oxygen atoms in total. The van der Waals surface area contributed by atoms with Gasteiger partial charge in [0.25, 0.3) is 5.91 Å². The zero-order valence-corrected chi connectivity index (χ0v) is 16.2. The lowest BCUT2D eigenvalue weighted by atomic mass is 10.1. The quantitative estimate of drug-likeness (QED) is 0.719. The van der Waals surface area contributed by atoms with E-state index in [-0.39, 0.29) is 18.9 Å². The summed E-state index contributed by atoms with van der Waals surface area (Å²) in [7, 11) is 3.06. The first kappa shape index (κ1) is 20.2. The highest BCUT2D eigenvalue weighted by Crippen LogP contribution is 2.27. The molecule has 0 spiro atoms. The van der Waals surface area contributed by atoms with Gasteiger partial charge in [0.2, 0.25) is 5.91 Å². The van der Waals surface area contributed by atoms with Gasteiger partial charge in [0.1, 0.15) is 11.5 Å². The molecule has 1 saturated heterocycles. The van der Waals surface area contributed by atoms with E-state index in [1.165, 1.54) is 12.0 Å².